The molecule has 0 spiro atoms. The van der Waals surface area contributed by atoms with Crippen LogP contribution in [-0.4, -0.2) is 29.7 Å². The zero-order valence-corrected chi connectivity index (χ0v) is 13.8. The molecule has 5 heteroatoms. The summed E-state index contributed by atoms with van der Waals surface area (Å²) in [6, 6.07) is 3.97. The van der Waals surface area contributed by atoms with Crippen molar-refractivity contribution in [1.29, 1.82) is 0 Å². The number of hydrogen-bond donors (Lipinski definition) is 1. The fourth-order valence-electron chi connectivity index (χ4n) is 2.77. The van der Waals surface area contributed by atoms with Gasteiger partial charge in [0.15, 0.2) is 0 Å². The number of hydrogen-bond acceptors (Lipinski definition) is 4. The predicted octanol–water partition coefficient (Wildman–Crippen LogP) is 3.48. The standard InChI is InChI=1S/C17H25N3O2/c1-5-6-13(12(2)21)7-8-20-11-14-9-16(18-3)17(22-4)10-15(14)19-20/h9-11,13,18H,5-8H2,1-4H3. The minimum absolute atomic E-state index is 0.139. The van der Waals surface area contributed by atoms with E-state index in [1.165, 1.54) is 0 Å². The number of rotatable bonds is 8. The highest BCUT2D eigenvalue weighted by Crippen LogP contribution is 2.29. The number of fused-ring (bicyclic) bond motifs is 1. The van der Waals surface area contributed by atoms with Gasteiger partial charge in [-0.1, -0.05) is 13.3 Å². The van der Waals surface area contributed by atoms with E-state index in [0.29, 0.717) is 0 Å². The average molecular weight is 303 g/mol. The first-order chi connectivity index (χ1) is 10.6. The van der Waals surface area contributed by atoms with Crippen molar-refractivity contribution >= 4 is 22.4 Å². The molecule has 0 aliphatic rings. The molecular weight excluding hydrogens is 278 g/mol. The monoisotopic (exact) mass is 303 g/mol. The van der Waals surface area contributed by atoms with Gasteiger partial charge in [0.2, 0.25) is 0 Å². The number of ketones is 1. The Labute approximate surface area is 131 Å². The summed E-state index contributed by atoms with van der Waals surface area (Å²) in [6.45, 7) is 4.56. The number of aromatic nitrogens is 2. The summed E-state index contributed by atoms with van der Waals surface area (Å²) in [5.74, 6) is 1.20. The average Bonchev–Trinajstić information content (AvgIpc) is 2.91. The van der Waals surface area contributed by atoms with Crippen LogP contribution >= 0.6 is 0 Å². The zero-order chi connectivity index (χ0) is 16.1. The smallest absolute Gasteiger partial charge is 0.144 e. The number of Topliss-reactive ketones (excluding diaryl/α,β-unsaturated/α-hetero) is 1. The van der Waals surface area contributed by atoms with Gasteiger partial charge < -0.3 is 10.1 Å². The van der Waals surface area contributed by atoms with E-state index in [9.17, 15) is 4.79 Å². The highest BCUT2D eigenvalue weighted by Gasteiger charge is 2.14. The number of carbonyl (C=O) groups is 1. The third kappa shape index (κ3) is 3.59. The number of methoxy groups -OCH3 is 1. The van der Waals surface area contributed by atoms with Gasteiger partial charge in [-0.05, 0) is 25.8 Å². The number of anilines is 1. The molecule has 1 unspecified atom stereocenters. The van der Waals surface area contributed by atoms with Crippen LogP contribution < -0.4 is 10.1 Å². The summed E-state index contributed by atoms with van der Waals surface area (Å²) < 4.78 is 7.28. The maximum absolute atomic E-state index is 11.6. The van der Waals surface area contributed by atoms with Gasteiger partial charge in [-0.2, -0.15) is 5.10 Å². The van der Waals surface area contributed by atoms with Crippen molar-refractivity contribution in [2.24, 2.45) is 5.92 Å². The fraction of sp³-hybridized carbons (Fsp3) is 0.529. The van der Waals surface area contributed by atoms with E-state index in [0.717, 1.165) is 48.1 Å². The van der Waals surface area contributed by atoms with Gasteiger partial charge in [-0.15, -0.1) is 0 Å². The van der Waals surface area contributed by atoms with Crippen LogP contribution in [0.4, 0.5) is 5.69 Å². The summed E-state index contributed by atoms with van der Waals surface area (Å²) >= 11 is 0. The quantitative estimate of drug-likeness (QED) is 0.811. The van der Waals surface area contributed by atoms with Crippen LogP contribution in [0.5, 0.6) is 5.75 Å². The number of benzene rings is 1. The van der Waals surface area contributed by atoms with Crippen molar-refractivity contribution < 1.29 is 9.53 Å². The van der Waals surface area contributed by atoms with Crippen LogP contribution in [0, 0.1) is 5.92 Å². The second-order valence-electron chi connectivity index (χ2n) is 5.64. The summed E-state index contributed by atoms with van der Waals surface area (Å²) in [7, 11) is 3.53. The molecule has 0 aliphatic carbocycles. The fourth-order valence-corrected chi connectivity index (χ4v) is 2.77. The lowest BCUT2D eigenvalue weighted by Crippen LogP contribution is -2.14. The number of nitrogens with zero attached hydrogens (tertiary/aromatic N) is 2. The lowest BCUT2D eigenvalue weighted by molar-refractivity contribution is -0.121. The Balaban J connectivity index is 2.17. The Bertz CT molecular complexity index is 608. The van der Waals surface area contributed by atoms with Crippen LogP contribution in [0.1, 0.15) is 33.1 Å². The molecule has 2 aromatic rings. The van der Waals surface area contributed by atoms with Crippen LogP contribution in [0.25, 0.3) is 10.9 Å². The largest absolute Gasteiger partial charge is 0.495 e. The molecule has 22 heavy (non-hydrogen) atoms. The molecule has 1 aromatic heterocycles. The third-order valence-electron chi connectivity index (χ3n) is 4.06. The normalized spacial score (nSPS) is 12.4. The molecule has 5 nitrogen and oxygen atoms in total. The molecular formula is C17H25N3O2. The Hall–Kier alpha value is -2.04. The van der Waals surface area contributed by atoms with Crippen LogP contribution in [0.2, 0.25) is 0 Å². The Morgan fingerprint density at radius 1 is 1.41 bits per heavy atom. The summed E-state index contributed by atoms with van der Waals surface area (Å²) in [5.41, 5.74) is 1.85. The minimum Gasteiger partial charge on any atom is -0.495 e. The molecule has 1 heterocycles. The molecule has 1 N–H and O–H groups in total. The second-order valence-corrected chi connectivity index (χ2v) is 5.64. The first-order valence-corrected chi connectivity index (χ1v) is 7.82. The minimum atomic E-state index is 0.139. The highest BCUT2D eigenvalue weighted by molar-refractivity contribution is 5.85. The first kappa shape index (κ1) is 16.3. The van der Waals surface area contributed by atoms with E-state index < -0.39 is 0 Å². The van der Waals surface area contributed by atoms with Gasteiger partial charge in [-0.3, -0.25) is 9.48 Å². The molecule has 0 amide bonds. The van der Waals surface area contributed by atoms with E-state index in [-0.39, 0.29) is 11.7 Å². The van der Waals surface area contributed by atoms with Crippen molar-refractivity contribution in [2.75, 3.05) is 19.5 Å². The molecule has 1 aromatic carbocycles. The molecule has 1 atom stereocenters. The molecule has 0 radical (unpaired) electrons. The predicted molar refractivity (Wildman–Crippen MR) is 89.5 cm³/mol. The van der Waals surface area contributed by atoms with Crippen LogP contribution in [-0.2, 0) is 11.3 Å². The first-order valence-electron chi connectivity index (χ1n) is 7.82. The van der Waals surface area contributed by atoms with Crippen molar-refractivity contribution in [2.45, 2.75) is 39.7 Å². The number of aryl methyl sites for hydroxylation is 1. The molecule has 0 fully saturated rings. The zero-order valence-electron chi connectivity index (χ0n) is 13.8. The SMILES string of the molecule is CCCC(CCn1cc2cc(NC)c(OC)cc2n1)C(C)=O. The van der Waals surface area contributed by atoms with Gasteiger partial charge in [0.05, 0.1) is 18.3 Å². The lowest BCUT2D eigenvalue weighted by atomic mass is 9.96. The van der Waals surface area contributed by atoms with Gasteiger partial charge >= 0.3 is 0 Å². The Morgan fingerprint density at radius 2 is 2.18 bits per heavy atom. The molecule has 0 bridgehead atoms. The van der Waals surface area contributed by atoms with Crippen molar-refractivity contribution in [1.82, 2.24) is 9.78 Å². The van der Waals surface area contributed by atoms with Crippen LogP contribution in [0.3, 0.4) is 0 Å². The Kier molecular flexibility index (Phi) is 5.41. The number of nitrogens with one attached hydrogen (secondary N) is 1. The molecule has 2 rings (SSSR count). The van der Waals surface area contributed by atoms with Crippen molar-refractivity contribution in [3.63, 3.8) is 0 Å². The van der Waals surface area contributed by atoms with E-state index >= 15 is 0 Å². The van der Waals surface area contributed by atoms with Gasteiger partial charge in [0.1, 0.15) is 11.5 Å². The Morgan fingerprint density at radius 3 is 2.77 bits per heavy atom. The summed E-state index contributed by atoms with van der Waals surface area (Å²) in [5, 5.41) is 8.78. The number of carbonyl (C=O) groups excluding carboxylic acids is 1. The van der Waals surface area contributed by atoms with E-state index in [1.807, 2.05) is 30.1 Å². The second kappa shape index (κ2) is 7.29. The van der Waals surface area contributed by atoms with E-state index in [4.69, 9.17) is 4.74 Å². The summed E-state index contributed by atoms with van der Waals surface area (Å²) in [4.78, 5) is 11.6. The highest BCUT2D eigenvalue weighted by atomic mass is 16.5. The maximum atomic E-state index is 11.6. The van der Waals surface area contributed by atoms with Crippen LogP contribution in [0.15, 0.2) is 18.3 Å². The maximum Gasteiger partial charge on any atom is 0.144 e. The van der Waals surface area contributed by atoms with E-state index in [2.05, 4.69) is 17.3 Å². The van der Waals surface area contributed by atoms with Gasteiger partial charge in [0, 0.05) is 37.2 Å². The van der Waals surface area contributed by atoms with Gasteiger partial charge in [-0.25, -0.2) is 0 Å². The van der Waals surface area contributed by atoms with E-state index in [1.54, 1.807) is 14.0 Å². The van der Waals surface area contributed by atoms with Crippen molar-refractivity contribution in [3.8, 4) is 5.75 Å². The summed E-state index contributed by atoms with van der Waals surface area (Å²) in [6.07, 6.45) is 4.86. The molecule has 0 aliphatic heterocycles. The van der Waals surface area contributed by atoms with Crippen molar-refractivity contribution in [3.05, 3.63) is 18.3 Å². The lowest BCUT2D eigenvalue weighted by Gasteiger charge is -2.12. The third-order valence-corrected chi connectivity index (χ3v) is 4.06. The number of ether oxygens (including phenoxy) is 1. The van der Waals surface area contributed by atoms with Gasteiger partial charge in [0.25, 0.3) is 0 Å². The molecule has 120 valence electrons. The topological polar surface area (TPSA) is 56.1 Å². The molecule has 0 saturated heterocycles. The molecule has 0 saturated carbocycles.